The second kappa shape index (κ2) is 6.90. The highest BCUT2D eigenvalue weighted by molar-refractivity contribution is 9.10. The molecule has 20 heavy (non-hydrogen) atoms. The summed E-state index contributed by atoms with van der Waals surface area (Å²) in [5.74, 6) is -0.0572. The Morgan fingerprint density at radius 3 is 2.75 bits per heavy atom. The number of hydrogen-bond donors (Lipinski definition) is 2. The number of benzene rings is 1. The molecule has 1 amide bonds. The molecule has 3 nitrogen and oxygen atoms in total. The van der Waals surface area contributed by atoms with Gasteiger partial charge in [0.15, 0.2) is 0 Å². The molecule has 0 atom stereocenters. The van der Waals surface area contributed by atoms with Crippen LogP contribution in [0.25, 0.3) is 0 Å². The first-order valence-electron chi connectivity index (χ1n) is 6.43. The Labute approximate surface area is 131 Å². The van der Waals surface area contributed by atoms with E-state index in [1.165, 1.54) is 0 Å². The Hall–Kier alpha value is -1.33. The van der Waals surface area contributed by atoms with Crippen molar-refractivity contribution in [2.45, 2.75) is 26.4 Å². The smallest absolute Gasteiger partial charge is 0.253 e. The third-order valence-corrected chi connectivity index (χ3v) is 4.36. The quantitative estimate of drug-likeness (QED) is 0.843. The molecule has 2 N–H and O–H groups in total. The maximum atomic E-state index is 12.3. The van der Waals surface area contributed by atoms with Crippen molar-refractivity contribution < 1.29 is 4.79 Å². The molecule has 5 heteroatoms. The largest absolute Gasteiger partial charge is 0.382 e. The number of halogens is 1. The van der Waals surface area contributed by atoms with E-state index >= 15 is 0 Å². The van der Waals surface area contributed by atoms with E-state index in [1.807, 2.05) is 35.7 Å². The third kappa shape index (κ3) is 4.08. The number of rotatable bonds is 5. The third-order valence-electron chi connectivity index (χ3n) is 2.66. The van der Waals surface area contributed by atoms with Gasteiger partial charge in [0.2, 0.25) is 0 Å². The predicted octanol–water partition coefficient (Wildman–Crippen LogP) is 4.26. The molecule has 0 saturated heterocycles. The molecule has 0 saturated carbocycles. The Bertz CT molecular complexity index is 595. The lowest BCUT2D eigenvalue weighted by Gasteiger charge is -2.14. The highest BCUT2D eigenvalue weighted by atomic mass is 79.9. The van der Waals surface area contributed by atoms with Crippen molar-refractivity contribution in [1.29, 1.82) is 0 Å². The molecule has 0 aliphatic carbocycles. The molecule has 0 aliphatic rings. The van der Waals surface area contributed by atoms with Crippen LogP contribution in [0.2, 0.25) is 0 Å². The molecule has 1 heterocycles. The van der Waals surface area contributed by atoms with Gasteiger partial charge in [-0.3, -0.25) is 4.79 Å². The second-order valence-electron chi connectivity index (χ2n) is 4.76. The number of amides is 1. The minimum absolute atomic E-state index is 0.0572. The maximum Gasteiger partial charge on any atom is 0.253 e. The van der Waals surface area contributed by atoms with E-state index < -0.39 is 0 Å². The van der Waals surface area contributed by atoms with Gasteiger partial charge in [0.1, 0.15) is 0 Å². The highest BCUT2D eigenvalue weighted by Gasteiger charge is 2.11. The molecular weight excluding hydrogens is 336 g/mol. The lowest BCUT2D eigenvalue weighted by atomic mass is 10.1. The number of para-hydroxylation sites is 1. The summed E-state index contributed by atoms with van der Waals surface area (Å²) in [4.78, 5) is 13.4. The number of nitrogens with one attached hydrogen (secondary N) is 2. The van der Waals surface area contributed by atoms with Crippen LogP contribution in [0.3, 0.4) is 0 Å². The topological polar surface area (TPSA) is 41.1 Å². The van der Waals surface area contributed by atoms with Crippen LogP contribution in [0.4, 0.5) is 5.69 Å². The van der Waals surface area contributed by atoms with Gasteiger partial charge < -0.3 is 10.6 Å². The average molecular weight is 353 g/mol. The zero-order valence-electron chi connectivity index (χ0n) is 11.4. The fraction of sp³-hybridized carbons (Fsp3) is 0.267. The molecule has 2 aromatic rings. The first-order valence-corrected chi connectivity index (χ1v) is 8.10. The van der Waals surface area contributed by atoms with Crippen LogP contribution in [0.15, 0.2) is 40.2 Å². The van der Waals surface area contributed by atoms with Gasteiger partial charge in [-0.2, -0.15) is 0 Å². The average Bonchev–Trinajstić information content (AvgIpc) is 2.82. The molecule has 1 aromatic carbocycles. The first kappa shape index (κ1) is 15.1. The van der Waals surface area contributed by atoms with Gasteiger partial charge in [-0.25, -0.2) is 0 Å². The van der Waals surface area contributed by atoms with E-state index in [-0.39, 0.29) is 11.9 Å². The summed E-state index contributed by atoms with van der Waals surface area (Å²) in [6.07, 6.45) is 0. The maximum absolute atomic E-state index is 12.3. The van der Waals surface area contributed by atoms with Gasteiger partial charge in [-0.15, -0.1) is 11.3 Å². The van der Waals surface area contributed by atoms with E-state index in [9.17, 15) is 4.79 Å². The van der Waals surface area contributed by atoms with Gasteiger partial charge in [0.25, 0.3) is 5.91 Å². The van der Waals surface area contributed by atoms with Gasteiger partial charge >= 0.3 is 0 Å². The summed E-state index contributed by atoms with van der Waals surface area (Å²) in [6.45, 7) is 4.65. The summed E-state index contributed by atoms with van der Waals surface area (Å²) < 4.78 is 1.05. The molecule has 1 aromatic heterocycles. The van der Waals surface area contributed by atoms with E-state index in [2.05, 4.69) is 40.4 Å². The molecule has 0 radical (unpaired) electrons. The van der Waals surface area contributed by atoms with Crippen molar-refractivity contribution >= 4 is 38.9 Å². The lowest BCUT2D eigenvalue weighted by Crippen LogP contribution is -2.24. The fourth-order valence-corrected chi connectivity index (χ4v) is 3.22. The fourth-order valence-electron chi connectivity index (χ4n) is 1.83. The van der Waals surface area contributed by atoms with E-state index in [4.69, 9.17) is 0 Å². The molecule has 0 spiro atoms. The van der Waals surface area contributed by atoms with Crippen molar-refractivity contribution in [2.75, 3.05) is 5.32 Å². The van der Waals surface area contributed by atoms with E-state index in [0.717, 1.165) is 15.0 Å². The van der Waals surface area contributed by atoms with E-state index in [1.54, 1.807) is 11.3 Å². The zero-order valence-corrected chi connectivity index (χ0v) is 13.8. The van der Waals surface area contributed by atoms with Crippen molar-refractivity contribution in [3.63, 3.8) is 0 Å². The Kier molecular flexibility index (Phi) is 5.20. The van der Waals surface area contributed by atoms with Crippen LogP contribution in [0, 0.1) is 0 Å². The van der Waals surface area contributed by atoms with Crippen LogP contribution in [0.1, 0.15) is 29.1 Å². The molecule has 2 rings (SSSR count). The van der Waals surface area contributed by atoms with Crippen LogP contribution in [0.5, 0.6) is 0 Å². The van der Waals surface area contributed by atoms with Crippen molar-refractivity contribution in [3.8, 4) is 0 Å². The van der Waals surface area contributed by atoms with Gasteiger partial charge in [-0.05, 0) is 48.0 Å². The van der Waals surface area contributed by atoms with Crippen molar-refractivity contribution in [3.05, 3.63) is 50.6 Å². The van der Waals surface area contributed by atoms with E-state index in [0.29, 0.717) is 12.1 Å². The van der Waals surface area contributed by atoms with Crippen molar-refractivity contribution in [1.82, 2.24) is 5.32 Å². The summed E-state index contributed by atoms with van der Waals surface area (Å²) in [7, 11) is 0. The van der Waals surface area contributed by atoms with Crippen LogP contribution in [-0.2, 0) is 6.54 Å². The Morgan fingerprint density at radius 2 is 2.10 bits per heavy atom. The lowest BCUT2D eigenvalue weighted by molar-refractivity contribution is 0.0952. The van der Waals surface area contributed by atoms with Gasteiger partial charge in [0.05, 0.1) is 12.1 Å². The van der Waals surface area contributed by atoms with Gasteiger partial charge in [-0.1, -0.05) is 12.1 Å². The predicted molar refractivity (Wildman–Crippen MR) is 88.4 cm³/mol. The number of carbonyl (C=O) groups excluding carboxylic acids is 1. The highest BCUT2D eigenvalue weighted by Crippen LogP contribution is 2.20. The zero-order chi connectivity index (χ0) is 14.5. The summed E-state index contributed by atoms with van der Waals surface area (Å²) >= 11 is 5.03. The van der Waals surface area contributed by atoms with Crippen LogP contribution < -0.4 is 10.6 Å². The normalized spacial score (nSPS) is 10.6. The minimum Gasteiger partial charge on any atom is -0.382 e. The second-order valence-corrected chi connectivity index (χ2v) is 6.67. The molecular formula is C15H17BrN2OS. The van der Waals surface area contributed by atoms with Crippen LogP contribution >= 0.6 is 27.3 Å². The molecule has 0 fully saturated rings. The number of thiophene rings is 1. The molecule has 106 valence electrons. The Balaban J connectivity index is 2.05. The number of anilines is 1. The van der Waals surface area contributed by atoms with Crippen LogP contribution in [-0.4, -0.2) is 11.9 Å². The summed E-state index contributed by atoms with van der Waals surface area (Å²) in [5.41, 5.74) is 1.55. The SMILES string of the molecule is CC(C)Nc1ccccc1C(=O)NCc1cc(Br)cs1. The van der Waals surface area contributed by atoms with Crippen molar-refractivity contribution in [2.24, 2.45) is 0 Å². The standard InChI is InChI=1S/C15H17BrN2OS/c1-10(2)18-14-6-4-3-5-13(14)15(19)17-8-12-7-11(16)9-20-12/h3-7,9-10,18H,8H2,1-2H3,(H,17,19). The first-order chi connectivity index (χ1) is 9.56. The number of carbonyl (C=O) groups is 1. The summed E-state index contributed by atoms with van der Waals surface area (Å²) in [6, 6.07) is 9.88. The molecule has 0 bridgehead atoms. The molecule has 0 unspecified atom stereocenters. The number of hydrogen-bond acceptors (Lipinski definition) is 3. The minimum atomic E-state index is -0.0572. The van der Waals surface area contributed by atoms with Gasteiger partial charge in [0, 0.05) is 26.5 Å². The Morgan fingerprint density at radius 1 is 1.35 bits per heavy atom. The molecule has 0 aliphatic heterocycles. The monoisotopic (exact) mass is 352 g/mol. The summed E-state index contributed by atoms with van der Waals surface area (Å²) in [5, 5.41) is 8.25.